The Morgan fingerprint density at radius 1 is 1.29 bits per heavy atom. The zero-order chi connectivity index (χ0) is 16.0. The first-order chi connectivity index (χ1) is 9.88. The van der Waals surface area contributed by atoms with Gasteiger partial charge in [-0.3, -0.25) is 9.69 Å². The lowest BCUT2D eigenvalue weighted by molar-refractivity contribution is -0.137. The van der Waals surface area contributed by atoms with Crippen molar-refractivity contribution in [1.29, 1.82) is 0 Å². The Morgan fingerprint density at radius 3 is 2.43 bits per heavy atom. The topological polar surface area (TPSA) is 70.1 Å². The number of hydrogen-bond donors (Lipinski definition) is 1. The predicted octanol–water partition coefficient (Wildman–Crippen LogP) is 2.44. The molecule has 0 aliphatic rings. The average molecular weight is 294 g/mol. The monoisotopic (exact) mass is 294 g/mol. The molecule has 2 amide bonds. The van der Waals surface area contributed by atoms with Crippen LogP contribution in [0.5, 0.6) is 5.75 Å². The lowest BCUT2D eigenvalue weighted by Gasteiger charge is -2.31. The number of carbonyl (C=O) groups is 2. The van der Waals surface area contributed by atoms with E-state index in [4.69, 9.17) is 9.84 Å². The van der Waals surface area contributed by atoms with Crippen molar-refractivity contribution in [2.45, 2.75) is 26.3 Å². The second-order valence-electron chi connectivity index (χ2n) is 4.94. The molecule has 1 N–H and O–H groups in total. The summed E-state index contributed by atoms with van der Waals surface area (Å²) in [4.78, 5) is 26.3. The molecule has 0 spiro atoms. The fraction of sp³-hybridized carbons (Fsp3) is 0.467. The molecule has 1 rings (SSSR count). The van der Waals surface area contributed by atoms with E-state index in [1.54, 1.807) is 26.3 Å². The van der Waals surface area contributed by atoms with Gasteiger partial charge in [0.15, 0.2) is 0 Å². The van der Waals surface area contributed by atoms with Gasteiger partial charge in [-0.25, -0.2) is 4.79 Å². The molecule has 6 heteroatoms. The van der Waals surface area contributed by atoms with E-state index in [0.717, 1.165) is 0 Å². The van der Waals surface area contributed by atoms with E-state index < -0.39 is 5.97 Å². The Kier molecular flexibility index (Phi) is 6.02. The first-order valence-corrected chi connectivity index (χ1v) is 6.77. The molecule has 6 nitrogen and oxygen atoms in total. The number of urea groups is 1. The van der Waals surface area contributed by atoms with Crippen LogP contribution in [0.15, 0.2) is 24.3 Å². The minimum atomic E-state index is -0.923. The fourth-order valence-electron chi connectivity index (χ4n) is 1.99. The molecule has 116 valence electrons. The van der Waals surface area contributed by atoms with E-state index in [1.165, 1.54) is 9.80 Å². The third-order valence-corrected chi connectivity index (χ3v) is 3.17. The highest BCUT2D eigenvalue weighted by atomic mass is 16.5. The lowest BCUT2D eigenvalue weighted by atomic mass is 10.2. The van der Waals surface area contributed by atoms with Crippen molar-refractivity contribution in [3.8, 4) is 5.75 Å². The van der Waals surface area contributed by atoms with Crippen LogP contribution in [0.2, 0.25) is 0 Å². The molecule has 0 saturated carbocycles. The molecular formula is C15H22N2O4. The molecule has 1 aromatic carbocycles. The van der Waals surface area contributed by atoms with E-state index in [2.05, 4.69) is 0 Å². The quantitative estimate of drug-likeness (QED) is 0.875. The molecule has 0 bridgehead atoms. The van der Waals surface area contributed by atoms with Crippen LogP contribution in [0, 0.1) is 0 Å². The molecule has 0 aliphatic carbocycles. The van der Waals surface area contributed by atoms with Crippen molar-refractivity contribution in [2.24, 2.45) is 0 Å². The maximum Gasteiger partial charge on any atom is 0.324 e. The maximum absolute atomic E-state index is 12.6. The molecular weight excluding hydrogens is 272 g/mol. The zero-order valence-corrected chi connectivity index (χ0v) is 12.9. The summed E-state index contributed by atoms with van der Waals surface area (Å²) in [6.45, 7) is 3.89. The van der Waals surface area contributed by atoms with Crippen molar-refractivity contribution >= 4 is 17.7 Å². The second-order valence-corrected chi connectivity index (χ2v) is 4.94. The SMILES string of the molecule is COc1ccccc1N(C)C(=O)N(CCC(=O)O)C(C)C. The summed E-state index contributed by atoms with van der Waals surface area (Å²) in [6, 6.07) is 6.86. The van der Waals surface area contributed by atoms with Crippen molar-refractivity contribution in [3.63, 3.8) is 0 Å². The Bertz CT molecular complexity index is 502. The normalized spacial score (nSPS) is 10.3. The molecule has 0 atom stereocenters. The summed E-state index contributed by atoms with van der Waals surface area (Å²) in [5, 5.41) is 8.79. The van der Waals surface area contributed by atoms with Crippen molar-refractivity contribution in [2.75, 3.05) is 25.6 Å². The van der Waals surface area contributed by atoms with Crippen LogP contribution in [0.25, 0.3) is 0 Å². The van der Waals surface area contributed by atoms with E-state index in [1.807, 2.05) is 26.0 Å². The van der Waals surface area contributed by atoms with Gasteiger partial charge in [0.05, 0.1) is 19.2 Å². The van der Waals surface area contributed by atoms with Crippen LogP contribution < -0.4 is 9.64 Å². The number of rotatable bonds is 6. The number of benzene rings is 1. The predicted molar refractivity (Wildman–Crippen MR) is 80.9 cm³/mol. The van der Waals surface area contributed by atoms with Gasteiger partial charge in [0, 0.05) is 19.6 Å². The van der Waals surface area contributed by atoms with Gasteiger partial charge in [-0.1, -0.05) is 12.1 Å². The third-order valence-electron chi connectivity index (χ3n) is 3.17. The zero-order valence-electron chi connectivity index (χ0n) is 12.9. The first kappa shape index (κ1) is 16.8. The highest BCUT2D eigenvalue weighted by molar-refractivity contribution is 5.93. The third kappa shape index (κ3) is 4.37. The minimum absolute atomic E-state index is 0.0797. The fourth-order valence-corrected chi connectivity index (χ4v) is 1.99. The minimum Gasteiger partial charge on any atom is -0.495 e. The largest absolute Gasteiger partial charge is 0.495 e. The second kappa shape index (κ2) is 7.52. The molecule has 0 unspecified atom stereocenters. The van der Waals surface area contributed by atoms with Gasteiger partial charge in [-0.15, -0.1) is 0 Å². The lowest BCUT2D eigenvalue weighted by Crippen LogP contribution is -2.46. The van der Waals surface area contributed by atoms with Gasteiger partial charge < -0.3 is 14.7 Å². The molecule has 0 fully saturated rings. The number of hydrogen-bond acceptors (Lipinski definition) is 3. The van der Waals surface area contributed by atoms with E-state index in [-0.39, 0.29) is 25.0 Å². The van der Waals surface area contributed by atoms with Crippen LogP contribution in [-0.2, 0) is 4.79 Å². The number of methoxy groups -OCH3 is 1. The summed E-state index contributed by atoms with van der Waals surface area (Å²) in [5.41, 5.74) is 0.644. The Morgan fingerprint density at radius 2 is 1.90 bits per heavy atom. The van der Waals surface area contributed by atoms with Gasteiger partial charge >= 0.3 is 12.0 Å². The van der Waals surface area contributed by atoms with Crippen molar-refractivity contribution in [3.05, 3.63) is 24.3 Å². The van der Waals surface area contributed by atoms with Crippen LogP contribution >= 0.6 is 0 Å². The van der Waals surface area contributed by atoms with Gasteiger partial charge in [0.25, 0.3) is 0 Å². The smallest absolute Gasteiger partial charge is 0.324 e. The number of carboxylic acid groups (broad SMARTS) is 1. The number of para-hydroxylation sites is 2. The van der Waals surface area contributed by atoms with Crippen LogP contribution in [0.3, 0.4) is 0 Å². The number of amides is 2. The highest BCUT2D eigenvalue weighted by Gasteiger charge is 2.23. The van der Waals surface area contributed by atoms with E-state index in [9.17, 15) is 9.59 Å². The van der Waals surface area contributed by atoms with Gasteiger partial charge in [-0.2, -0.15) is 0 Å². The van der Waals surface area contributed by atoms with E-state index >= 15 is 0 Å². The van der Waals surface area contributed by atoms with Crippen LogP contribution in [0.1, 0.15) is 20.3 Å². The summed E-state index contributed by atoms with van der Waals surface area (Å²) in [6.07, 6.45) is -0.0797. The van der Waals surface area contributed by atoms with Gasteiger partial charge in [0.1, 0.15) is 5.75 Å². The standard InChI is InChI=1S/C15H22N2O4/c1-11(2)17(10-9-14(18)19)15(20)16(3)12-7-5-6-8-13(12)21-4/h5-8,11H,9-10H2,1-4H3,(H,18,19). The summed E-state index contributed by atoms with van der Waals surface area (Å²) in [7, 11) is 3.19. The highest BCUT2D eigenvalue weighted by Crippen LogP contribution is 2.27. The van der Waals surface area contributed by atoms with Crippen molar-refractivity contribution in [1.82, 2.24) is 4.90 Å². The Labute approximate surface area is 124 Å². The van der Waals surface area contributed by atoms with Gasteiger partial charge in [-0.05, 0) is 26.0 Å². The first-order valence-electron chi connectivity index (χ1n) is 6.77. The number of carboxylic acids is 1. The van der Waals surface area contributed by atoms with Crippen LogP contribution in [0.4, 0.5) is 10.5 Å². The summed E-state index contributed by atoms with van der Waals surface area (Å²) >= 11 is 0. The Hall–Kier alpha value is -2.24. The number of ether oxygens (including phenoxy) is 1. The number of carbonyl (C=O) groups excluding carboxylic acids is 1. The number of anilines is 1. The average Bonchev–Trinajstić information content (AvgIpc) is 2.45. The molecule has 0 heterocycles. The molecule has 1 aromatic rings. The van der Waals surface area contributed by atoms with Crippen LogP contribution in [-0.4, -0.2) is 48.8 Å². The Balaban J connectivity index is 2.94. The number of aliphatic carboxylic acids is 1. The molecule has 0 aromatic heterocycles. The number of nitrogens with zero attached hydrogens (tertiary/aromatic N) is 2. The van der Waals surface area contributed by atoms with E-state index in [0.29, 0.717) is 11.4 Å². The summed E-state index contributed by atoms with van der Waals surface area (Å²) < 4.78 is 5.25. The molecule has 0 radical (unpaired) electrons. The molecule has 21 heavy (non-hydrogen) atoms. The molecule has 0 aliphatic heterocycles. The van der Waals surface area contributed by atoms with Gasteiger partial charge in [0.2, 0.25) is 0 Å². The maximum atomic E-state index is 12.6. The van der Waals surface area contributed by atoms with Crippen molar-refractivity contribution < 1.29 is 19.4 Å². The summed E-state index contributed by atoms with van der Waals surface area (Å²) in [5.74, 6) is -0.330. The molecule has 0 saturated heterocycles.